The van der Waals surface area contributed by atoms with Crippen LogP contribution in [0.4, 0.5) is 5.95 Å². The number of rotatable bonds is 6. The third-order valence-corrected chi connectivity index (χ3v) is 5.87. The Morgan fingerprint density at radius 2 is 1.91 bits per heavy atom. The average molecular weight is 454 g/mol. The van der Waals surface area contributed by atoms with Crippen molar-refractivity contribution in [3.8, 4) is 6.07 Å². The summed E-state index contributed by atoms with van der Waals surface area (Å²) in [6, 6.07) is 6.28. The third kappa shape index (κ3) is 5.81. The molecule has 0 bridgehead atoms. The average Bonchev–Trinajstić information content (AvgIpc) is 3.07. The molecule has 0 aliphatic carbocycles. The van der Waals surface area contributed by atoms with Crippen LogP contribution in [-0.2, 0) is 6.54 Å². The van der Waals surface area contributed by atoms with Gasteiger partial charge in [-0.15, -0.1) is 0 Å². The van der Waals surface area contributed by atoms with Crippen molar-refractivity contribution in [3.63, 3.8) is 0 Å². The number of aliphatic imine (C=N–C) groups is 1. The first-order valence-electron chi connectivity index (χ1n) is 11.7. The first kappa shape index (κ1) is 25.7. The van der Waals surface area contributed by atoms with E-state index in [4.69, 9.17) is 16.6 Å². The zero-order chi connectivity index (χ0) is 23.7. The van der Waals surface area contributed by atoms with Gasteiger partial charge >= 0.3 is 0 Å². The summed E-state index contributed by atoms with van der Waals surface area (Å²) < 4.78 is 2.32. The first-order valence-corrected chi connectivity index (χ1v) is 12.1. The number of allylic oxidation sites excluding steroid dienone is 2. The van der Waals surface area contributed by atoms with Crippen LogP contribution >= 0.6 is 11.6 Å². The molecule has 0 radical (unpaired) electrons. The molecular formula is C26H36ClN5. The highest BCUT2D eigenvalue weighted by Crippen LogP contribution is 2.37. The molecule has 0 spiro atoms. The highest BCUT2D eigenvalue weighted by molar-refractivity contribution is 6.35. The standard InChI is InChI=1S/C24H30ClN5.C2H6/c1-5-18(6-2)20-9-10-21(25)22-23(20)30-13-8-7-12-29(24(30)28-22)14-11-27-19(16-26)15-17(3)4;1-2/h9-11,14-15,18H,5-8,12-13H2,1-4H3;1-2H3/b14-11+,27-19?;. The maximum Gasteiger partial charge on any atom is 0.210 e. The van der Waals surface area contributed by atoms with E-state index in [1.807, 2.05) is 40.0 Å². The van der Waals surface area contributed by atoms with Crippen molar-refractivity contribution in [2.24, 2.45) is 4.99 Å². The number of aromatic nitrogens is 2. The van der Waals surface area contributed by atoms with Crippen molar-refractivity contribution in [2.45, 2.75) is 79.7 Å². The largest absolute Gasteiger partial charge is 0.317 e. The van der Waals surface area contributed by atoms with Crippen LogP contribution in [-0.4, -0.2) is 21.8 Å². The summed E-state index contributed by atoms with van der Waals surface area (Å²) in [7, 11) is 0. The molecule has 0 unspecified atom stereocenters. The van der Waals surface area contributed by atoms with E-state index in [-0.39, 0.29) is 0 Å². The number of aryl methyl sites for hydroxylation is 1. The van der Waals surface area contributed by atoms with Gasteiger partial charge in [-0.05, 0) is 63.2 Å². The van der Waals surface area contributed by atoms with Crippen LogP contribution in [0.15, 0.2) is 41.2 Å². The second kappa shape index (κ2) is 12.5. The molecular weight excluding hydrogens is 418 g/mol. The molecule has 2 aromatic rings. The van der Waals surface area contributed by atoms with Gasteiger partial charge in [0.05, 0.1) is 10.5 Å². The first-order chi connectivity index (χ1) is 15.5. The monoisotopic (exact) mass is 453 g/mol. The van der Waals surface area contributed by atoms with E-state index in [9.17, 15) is 5.26 Å². The molecule has 6 heteroatoms. The highest BCUT2D eigenvalue weighted by atomic mass is 35.5. The fourth-order valence-corrected chi connectivity index (χ4v) is 4.26. The van der Waals surface area contributed by atoms with Gasteiger partial charge in [-0.1, -0.05) is 50.9 Å². The maximum atomic E-state index is 9.27. The summed E-state index contributed by atoms with van der Waals surface area (Å²) >= 11 is 6.56. The number of fused-ring (bicyclic) bond motifs is 3. The zero-order valence-corrected chi connectivity index (χ0v) is 21.1. The smallest absolute Gasteiger partial charge is 0.210 e. The summed E-state index contributed by atoms with van der Waals surface area (Å²) in [6.07, 6.45) is 9.73. The SMILES string of the molecule is CC.CCC(CC)c1ccc(Cl)c2nc3n(c12)CCCCN3/C=C/N=C(C#N)C=C(C)C. The lowest BCUT2D eigenvalue weighted by Gasteiger charge is -2.18. The molecule has 0 saturated carbocycles. The van der Waals surface area contributed by atoms with Gasteiger partial charge < -0.3 is 9.47 Å². The molecule has 1 aromatic carbocycles. The molecule has 1 aliphatic heterocycles. The van der Waals surface area contributed by atoms with Crippen LogP contribution in [0.5, 0.6) is 0 Å². The van der Waals surface area contributed by atoms with Crippen LogP contribution < -0.4 is 4.90 Å². The van der Waals surface area contributed by atoms with E-state index in [0.717, 1.165) is 61.3 Å². The van der Waals surface area contributed by atoms with Crippen LogP contribution in [0.3, 0.4) is 0 Å². The fourth-order valence-electron chi connectivity index (χ4n) is 4.07. The lowest BCUT2D eigenvalue weighted by Crippen LogP contribution is -2.18. The number of nitriles is 1. The topological polar surface area (TPSA) is 57.2 Å². The Morgan fingerprint density at radius 3 is 2.53 bits per heavy atom. The molecule has 2 heterocycles. The Kier molecular flexibility index (Phi) is 9.99. The van der Waals surface area contributed by atoms with Crippen molar-refractivity contribution >= 4 is 34.3 Å². The summed E-state index contributed by atoms with van der Waals surface area (Å²) in [5.41, 5.74) is 4.81. The number of halogens is 1. The van der Waals surface area contributed by atoms with Crippen LogP contribution in [0, 0.1) is 11.3 Å². The van der Waals surface area contributed by atoms with E-state index in [1.54, 1.807) is 12.3 Å². The summed E-state index contributed by atoms with van der Waals surface area (Å²) in [5, 5.41) is 9.96. The minimum Gasteiger partial charge on any atom is -0.317 e. The number of imidazole rings is 1. The predicted octanol–water partition coefficient (Wildman–Crippen LogP) is 7.62. The maximum absolute atomic E-state index is 9.27. The minimum atomic E-state index is 0.397. The minimum absolute atomic E-state index is 0.397. The normalized spacial score (nSPS) is 14.1. The van der Waals surface area contributed by atoms with Gasteiger partial charge in [0.25, 0.3) is 0 Å². The Balaban J connectivity index is 0.00000176. The fraction of sp³-hybridized carbons (Fsp3) is 0.500. The molecule has 0 N–H and O–H groups in total. The van der Waals surface area contributed by atoms with Crippen molar-refractivity contribution < 1.29 is 0 Å². The van der Waals surface area contributed by atoms with E-state index in [0.29, 0.717) is 16.7 Å². The lowest BCUT2D eigenvalue weighted by atomic mass is 9.93. The number of benzene rings is 1. The molecule has 5 nitrogen and oxygen atoms in total. The molecule has 1 aliphatic rings. The number of hydrogen-bond acceptors (Lipinski definition) is 4. The molecule has 172 valence electrons. The summed E-state index contributed by atoms with van der Waals surface area (Å²) in [5.74, 6) is 1.39. The Bertz CT molecular complexity index is 1030. The van der Waals surface area contributed by atoms with Crippen LogP contribution in [0.2, 0.25) is 5.02 Å². The molecule has 0 atom stereocenters. The Hall–Kier alpha value is -2.58. The van der Waals surface area contributed by atoms with Gasteiger partial charge in [-0.25, -0.2) is 9.98 Å². The number of anilines is 1. The molecule has 1 aromatic heterocycles. The highest BCUT2D eigenvalue weighted by Gasteiger charge is 2.24. The summed E-state index contributed by atoms with van der Waals surface area (Å²) in [6.45, 7) is 14.2. The lowest BCUT2D eigenvalue weighted by molar-refractivity contribution is 0.632. The van der Waals surface area contributed by atoms with E-state index < -0.39 is 0 Å². The molecule has 0 fully saturated rings. The second-order valence-electron chi connectivity index (χ2n) is 7.96. The van der Waals surface area contributed by atoms with Gasteiger partial charge in [0.1, 0.15) is 17.3 Å². The molecule has 0 saturated heterocycles. The van der Waals surface area contributed by atoms with Gasteiger partial charge in [-0.3, -0.25) is 0 Å². The summed E-state index contributed by atoms with van der Waals surface area (Å²) in [4.78, 5) is 11.4. The molecule has 0 amide bonds. The van der Waals surface area contributed by atoms with E-state index in [2.05, 4.69) is 40.4 Å². The van der Waals surface area contributed by atoms with Gasteiger partial charge in [0.2, 0.25) is 5.95 Å². The van der Waals surface area contributed by atoms with Gasteiger partial charge in [0.15, 0.2) is 0 Å². The van der Waals surface area contributed by atoms with Gasteiger partial charge in [0, 0.05) is 25.5 Å². The van der Waals surface area contributed by atoms with Crippen LogP contribution in [0.1, 0.15) is 78.7 Å². The molecule has 3 rings (SSSR count). The van der Waals surface area contributed by atoms with Crippen LogP contribution in [0.25, 0.3) is 11.0 Å². The Morgan fingerprint density at radius 1 is 1.22 bits per heavy atom. The second-order valence-corrected chi connectivity index (χ2v) is 8.36. The number of hydrogen-bond donors (Lipinski definition) is 0. The van der Waals surface area contributed by atoms with Gasteiger partial charge in [-0.2, -0.15) is 5.26 Å². The van der Waals surface area contributed by atoms with E-state index in [1.165, 1.54) is 5.56 Å². The van der Waals surface area contributed by atoms with Crippen molar-refractivity contribution in [2.75, 3.05) is 11.4 Å². The zero-order valence-electron chi connectivity index (χ0n) is 20.3. The van der Waals surface area contributed by atoms with E-state index >= 15 is 0 Å². The number of nitrogens with zero attached hydrogens (tertiary/aromatic N) is 5. The quantitative estimate of drug-likeness (QED) is 0.422. The Labute approximate surface area is 198 Å². The third-order valence-electron chi connectivity index (χ3n) is 5.57. The predicted molar refractivity (Wildman–Crippen MR) is 138 cm³/mol. The van der Waals surface area contributed by atoms with Crippen molar-refractivity contribution in [3.05, 3.63) is 46.8 Å². The van der Waals surface area contributed by atoms with Crippen molar-refractivity contribution in [1.29, 1.82) is 5.26 Å². The van der Waals surface area contributed by atoms with Crippen molar-refractivity contribution in [1.82, 2.24) is 9.55 Å². The molecule has 32 heavy (non-hydrogen) atoms.